The van der Waals surface area contributed by atoms with Crippen LogP contribution in [0, 0.1) is 11.8 Å². The quantitative estimate of drug-likeness (QED) is 0.104. The zero-order valence-corrected chi connectivity index (χ0v) is 38.2. The van der Waals surface area contributed by atoms with Gasteiger partial charge in [0.25, 0.3) is 11.8 Å². The van der Waals surface area contributed by atoms with E-state index >= 15 is 8.78 Å². The van der Waals surface area contributed by atoms with Crippen molar-refractivity contribution in [2.24, 2.45) is 11.8 Å². The second-order valence-electron chi connectivity index (χ2n) is 18.8. The fraction of sp³-hybridized carbons (Fsp3) is 0.385. The fourth-order valence-electron chi connectivity index (χ4n) is 11.6. The molecule has 0 radical (unpaired) electrons. The molecular formula is C52H52F2N8O7. The van der Waals surface area contributed by atoms with E-state index < -0.39 is 36.2 Å². The maximum Gasteiger partial charge on any atom is 0.407 e. The lowest BCUT2D eigenvalue weighted by atomic mass is 9.89. The van der Waals surface area contributed by atoms with Crippen molar-refractivity contribution >= 4 is 35.0 Å². The number of halogens is 2. The van der Waals surface area contributed by atoms with Gasteiger partial charge in [0.15, 0.2) is 0 Å². The first-order valence-electron chi connectivity index (χ1n) is 23.7. The fourth-order valence-corrected chi connectivity index (χ4v) is 11.6. The van der Waals surface area contributed by atoms with Crippen molar-refractivity contribution in [1.29, 1.82) is 0 Å². The topological polar surface area (TPSA) is 184 Å². The highest BCUT2D eigenvalue weighted by Crippen LogP contribution is 2.53. The monoisotopic (exact) mass is 938 g/mol. The van der Waals surface area contributed by atoms with Crippen LogP contribution in [0.15, 0.2) is 91.1 Å². The summed E-state index contributed by atoms with van der Waals surface area (Å²) in [5.74, 6) is -2.44. The van der Waals surface area contributed by atoms with E-state index in [0.717, 1.165) is 30.3 Å². The number of benzene rings is 4. The minimum Gasteiger partial charge on any atom is -0.453 e. The minimum absolute atomic E-state index is 0.0289. The highest BCUT2D eigenvalue weighted by molar-refractivity contribution is 5.90. The number of hydrogen-bond acceptors (Lipinski definition) is 9. The number of hydrogen-bond donors (Lipinski definition) is 4. The van der Waals surface area contributed by atoms with Crippen LogP contribution < -0.4 is 10.6 Å². The summed E-state index contributed by atoms with van der Waals surface area (Å²) in [5, 5.41) is 5.52. The van der Waals surface area contributed by atoms with Crippen LogP contribution in [-0.4, -0.2) is 99.8 Å². The lowest BCUT2D eigenvalue weighted by Crippen LogP contribution is -2.55. The highest BCUT2D eigenvalue weighted by atomic mass is 19.3. The van der Waals surface area contributed by atoms with Gasteiger partial charge in [0.2, 0.25) is 5.91 Å². The molecule has 5 heterocycles. The van der Waals surface area contributed by atoms with E-state index in [0.29, 0.717) is 96.1 Å². The number of rotatable bonds is 10. The van der Waals surface area contributed by atoms with Gasteiger partial charge in [-0.1, -0.05) is 60.7 Å². The second kappa shape index (κ2) is 17.7. The van der Waals surface area contributed by atoms with Crippen molar-refractivity contribution in [3.63, 3.8) is 0 Å². The number of aromatic amines is 2. The Bertz CT molecular complexity index is 2970. The number of H-pyrrole nitrogens is 2. The van der Waals surface area contributed by atoms with Gasteiger partial charge >= 0.3 is 12.2 Å². The van der Waals surface area contributed by atoms with E-state index in [-0.39, 0.29) is 46.9 Å². The van der Waals surface area contributed by atoms with E-state index in [2.05, 4.69) is 25.6 Å². The van der Waals surface area contributed by atoms with Crippen LogP contribution in [0.25, 0.3) is 44.5 Å². The van der Waals surface area contributed by atoms with Crippen LogP contribution in [0.5, 0.6) is 0 Å². The SMILES string of the molecule is COC(=O)NC(C(=O)N1CCC[C@H]1c1ncc(-c2ccc3c(c2)C(F)(F)c2cc(-c4ccc5nc([C@@H]6[C@H]7CC[C@H](C7)N6C(=O)[C@@H](NC(=O)OC)C6CCOCC6)[nH]c5c4)ccc2-3)[nH]1)c1ccccc1. The standard InChI is InChI=1S/C52H52F2N8O7/c1-67-50(65)59-43(28-7-4-3-5-8-28)48(63)61-20-6-9-42(61)46-55-27-41(58-46)32-12-16-36-35-15-11-30(24-37(35)52(53,54)38(36)25-32)31-13-17-39-40(26-31)57-47(56-39)45-33-10-14-34(23-33)62(45)49(64)44(60-51(66)68-2)29-18-21-69-22-19-29/h3-5,7-8,11-13,15-17,24-27,29,33-34,42-45H,6,9-10,14,18-23H2,1-2H3,(H,55,58)(H,56,57)(H,59,65)(H,60,66)/t33-,34+,42-,43?,44-,45-/m0/s1. The van der Waals surface area contributed by atoms with Crippen LogP contribution in [0.2, 0.25) is 0 Å². The molecule has 11 rings (SSSR count). The molecule has 6 aromatic rings. The molecule has 3 aliphatic heterocycles. The lowest BCUT2D eigenvalue weighted by molar-refractivity contribution is -0.140. The summed E-state index contributed by atoms with van der Waals surface area (Å²) in [6.45, 7) is 1.49. The number of ether oxygens (including phenoxy) is 3. The number of carbonyl (C=O) groups is 4. The molecule has 17 heteroatoms. The number of aromatic nitrogens is 4. The molecular weight excluding hydrogens is 887 g/mol. The van der Waals surface area contributed by atoms with Gasteiger partial charge in [-0.25, -0.2) is 19.6 Å². The number of fused-ring (bicyclic) bond motifs is 6. The molecule has 1 unspecified atom stereocenters. The van der Waals surface area contributed by atoms with Gasteiger partial charge in [0.1, 0.15) is 23.7 Å². The van der Waals surface area contributed by atoms with Gasteiger partial charge in [-0.3, -0.25) is 9.59 Å². The van der Waals surface area contributed by atoms with E-state index in [1.807, 2.05) is 35.2 Å². The van der Waals surface area contributed by atoms with Crippen LogP contribution in [0.1, 0.15) is 91.4 Å². The average Bonchev–Trinajstić information content (AvgIpc) is 4.26. The predicted molar refractivity (Wildman–Crippen MR) is 250 cm³/mol. The third-order valence-corrected chi connectivity index (χ3v) is 15.0. The average molecular weight is 939 g/mol. The van der Waals surface area contributed by atoms with Gasteiger partial charge < -0.3 is 44.6 Å². The van der Waals surface area contributed by atoms with Crippen molar-refractivity contribution in [1.82, 2.24) is 40.4 Å². The molecule has 4 N–H and O–H groups in total. The molecule has 1 saturated carbocycles. The summed E-state index contributed by atoms with van der Waals surface area (Å²) >= 11 is 0. The number of alkyl halides is 2. The molecule has 2 bridgehead atoms. The van der Waals surface area contributed by atoms with Gasteiger partial charge in [-0.15, -0.1) is 0 Å². The molecule has 356 valence electrons. The summed E-state index contributed by atoms with van der Waals surface area (Å²) in [5.41, 5.74) is 5.15. The number of piperidine rings is 1. The van der Waals surface area contributed by atoms with Gasteiger partial charge in [0.05, 0.1) is 49.2 Å². The second-order valence-corrected chi connectivity index (χ2v) is 18.8. The van der Waals surface area contributed by atoms with Crippen LogP contribution in [0.4, 0.5) is 18.4 Å². The first-order chi connectivity index (χ1) is 33.5. The zero-order chi connectivity index (χ0) is 47.6. The molecule has 2 aliphatic carbocycles. The number of methoxy groups -OCH3 is 2. The van der Waals surface area contributed by atoms with Crippen molar-refractivity contribution < 1.29 is 42.2 Å². The number of imidazole rings is 2. The first-order valence-corrected chi connectivity index (χ1v) is 23.7. The molecule has 5 aliphatic rings. The Balaban J connectivity index is 0.830. The summed E-state index contributed by atoms with van der Waals surface area (Å²) in [7, 11) is 2.54. The highest BCUT2D eigenvalue weighted by Gasteiger charge is 2.52. The van der Waals surface area contributed by atoms with E-state index in [4.69, 9.17) is 19.2 Å². The number of nitrogens with zero attached hydrogens (tertiary/aromatic N) is 4. The molecule has 3 saturated heterocycles. The lowest BCUT2D eigenvalue weighted by Gasteiger charge is -2.39. The Kier molecular flexibility index (Phi) is 11.4. The number of alkyl carbamates (subject to hydrolysis) is 2. The zero-order valence-electron chi connectivity index (χ0n) is 38.2. The Morgan fingerprint density at radius 2 is 1.48 bits per heavy atom. The maximum absolute atomic E-state index is 16.7. The molecule has 69 heavy (non-hydrogen) atoms. The maximum atomic E-state index is 16.7. The van der Waals surface area contributed by atoms with Gasteiger partial charge in [0, 0.05) is 42.5 Å². The van der Waals surface area contributed by atoms with E-state index in [1.165, 1.54) is 20.3 Å². The van der Waals surface area contributed by atoms with E-state index in [1.54, 1.807) is 59.6 Å². The number of nitrogens with one attached hydrogen (secondary N) is 4. The first kappa shape index (κ1) is 44.4. The van der Waals surface area contributed by atoms with Crippen molar-refractivity contribution in [3.05, 3.63) is 119 Å². The Morgan fingerprint density at radius 1 is 0.783 bits per heavy atom. The van der Waals surface area contributed by atoms with Gasteiger partial charge in [-0.05, 0) is 109 Å². The Hall–Kier alpha value is -7.14. The van der Waals surface area contributed by atoms with Crippen molar-refractivity contribution in [2.75, 3.05) is 34.0 Å². The molecule has 0 spiro atoms. The smallest absolute Gasteiger partial charge is 0.407 e. The third-order valence-electron chi connectivity index (χ3n) is 15.0. The summed E-state index contributed by atoms with van der Waals surface area (Å²) in [6.07, 6.45) is 5.57. The molecule has 4 fully saturated rings. The minimum atomic E-state index is -3.30. The molecule has 15 nitrogen and oxygen atoms in total. The summed E-state index contributed by atoms with van der Waals surface area (Å²) in [4.78, 5) is 73.4. The Labute approximate surface area is 396 Å². The normalized spacial score (nSPS) is 22.3. The predicted octanol–water partition coefficient (Wildman–Crippen LogP) is 8.70. The van der Waals surface area contributed by atoms with E-state index in [9.17, 15) is 19.2 Å². The van der Waals surface area contributed by atoms with Crippen molar-refractivity contribution in [3.8, 4) is 33.5 Å². The summed E-state index contributed by atoms with van der Waals surface area (Å²) in [6, 6.07) is 22.4. The molecule has 6 atom stereocenters. The number of likely N-dealkylation sites (tertiary alicyclic amines) is 2. The van der Waals surface area contributed by atoms with Crippen LogP contribution in [-0.2, 0) is 29.7 Å². The van der Waals surface area contributed by atoms with Crippen molar-refractivity contribution in [2.45, 2.75) is 81.1 Å². The third kappa shape index (κ3) is 7.85. The van der Waals surface area contributed by atoms with Gasteiger partial charge in [-0.2, -0.15) is 8.78 Å². The Morgan fingerprint density at radius 3 is 2.23 bits per heavy atom. The number of amides is 4. The number of carbonyl (C=O) groups excluding carboxylic acids is 4. The van der Waals surface area contributed by atoms with Crippen LogP contribution >= 0.6 is 0 Å². The summed E-state index contributed by atoms with van der Waals surface area (Å²) < 4.78 is 48.8. The van der Waals surface area contributed by atoms with Crippen LogP contribution in [0.3, 0.4) is 0 Å². The molecule has 4 amide bonds. The largest absolute Gasteiger partial charge is 0.453 e. The molecule has 4 aromatic carbocycles. The molecule has 2 aromatic heterocycles.